The number of nitrogens with two attached hydrogens (primary N) is 1. The number of halogens is 1. The van der Waals surface area contributed by atoms with Crippen LogP contribution >= 0.6 is 12.4 Å². The topological polar surface area (TPSA) is 64.3 Å². The SMILES string of the molecule is Cc1cccc(C)c1Oc1ccccc1NC(=O)CCCN.Cl. The van der Waals surface area contributed by atoms with Gasteiger partial charge in [-0.05, 0) is 50.1 Å². The van der Waals surface area contributed by atoms with Gasteiger partial charge in [0.25, 0.3) is 0 Å². The predicted octanol–water partition coefficient (Wildman–Crippen LogP) is 4.19. The number of rotatable bonds is 6. The van der Waals surface area contributed by atoms with Crippen LogP contribution in [0.25, 0.3) is 0 Å². The molecule has 5 heteroatoms. The Hall–Kier alpha value is -2.04. The molecule has 3 N–H and O–H groups in total. The number of aryl methyl sites for hydroxylation is 2. The van der Waals surface area contributed by atoms with Gasteiger partial charge in [0.2, 0.25) is 5.91 Å². The molecule has 23 heavy (non-hydrogen) atoms. The molecule has 0 aliphatic rings. The molecular weight excluding hydrogens is 312 g/mol. The first-order chi connectivity index (χ1) is 10.6. The Morgan fingerprint density at radius 2 is 1.74 bits per heavy atom. The third kappa shape index (κ3) is 5.27. The third-order valence-electron chi connectivity index (χ3n) is 3.39. The average Bonchev–Trinajstić information content (AvgIpc) is 2.50. The Morgan fingerprint density at radius 1 is 1.09 bits per heavy atom. The smallest absolute Gasteiger partial charge is 0.224 e. The Balaban J connectivity index is 0.00000264. The summed E-state index contributed by atoms with van der Waals surface area (Å²) in [5, 5.41) is 2.89. The monoisotopic (exact) mass is 334 g/mol. The number of carbonyl (C=O) groups is 1. The van der Waals surface area contributed by atoms with E-state index in [1.54, 1.807) is 0 Å². The van der Waals surface area contributed by atoms with Gasteiger partial charge in [-0.25, -0.2) is 0 Å². The van der Waals surface area contributed by atoms with E-state index in [2.05, 4.69) is 5.32 Å². The first-order valence-corrected chi connectivity index (χ1v) is 7.45. The van der Waals surface area contributed by atoms with E-state index in [1.165, 1.54) is 0 Å². The second-order valence-corrected chi connectivity index (χ2v) is 5.26. The van der Waals surface area contributed by atoms with Gasteiger partial charge in [0.05, 0.1) is 5.69 Å². The van der Waals surface area contributed by atoms with Gasteiger partial charge in [-0.2, -0.15) is 0 Å². The predicted molar refractivity (Wildman–Crippen MR) is 96.6 cm³/mol. The fraction of sp³-hybridized carbons (Fsp3) is 0.278. The molecule has 0 unspecified atom stereocenters. The third-order valence-corrected chi connectivity index (χ3v) is 3.39. The number of amides is 1. The lowest BCUT2D eigenvalue weighted by Crippen LogP contribution is -2.13. The van der Waals surface area contributed by atoms with Crippen LogP contribution in [0.2, 0.25) is 0 Å². The lowest BCUT2D eigenvalue weighted by atomic mass is 10.1. The first kappa shape index (κ1) is 19.0. The van der Waals surface area contributed by atoms with Gasteiger partial charge >= 0.3 is 0 Å². The highest BCUT2D eigenvalue weighted by Crippen LogP contribution is 2.33. The molecule has 4 nitrogen and oxygen atoms in total. The minimum Gasteiger partial charge on any atom is -0.455 e. The van der Waals surface area contributed by atoms with Gasteiger partial charge in [0.15, 0.2) is 5.75 Å². The standard InChI is InChI=1S/C18H22N2O2.ClH/c1-13-7-5-8-14(2)18(13)22-16-10-4-3-9-15(16)20-17(21)11-6-12-19;/h3-5,7-10H,6,11-12,19H2,1-2H3,(H,20,21);1H. The number of anilines is 1. The molecule has 0 bridgehead atoms. The van der Waals surface area contributed by atoms with E-state index in [1.807, 2.05) is 56.3 Å². The van der Waals surface area contributed by atoms with Crippen LogP contribution in [0, 0.1) is 13.8 Å². The van der Waals surface area contributed by atoms with Gasteiger partial charge in [-0.15, -0.1) is 12.4 Å². The Morgan fingerprint density at radius 3 is 2.39 bits per heavy atom. The molecule has 0 spiro atoms. The van der Waals surface area contributed by atoms with E-state index in [0.29, 0.717) is 30.8 Å². The summed E-state index contributed by atoms with van der Waals surface area (Å²) < 4.78 is 6.04. The van der Waals surface area contributed by atoms with Crippen LogP contribution in [0.15, 0.2) is 42.5 Å². The van der Waals surface area contributed by atoms with Gasteiger partial charge in [-0.1, -0.05) is 30.3 Å². The minimum absolute atomic E-state index is 0. The summed E-state index contributed by atoms with van der Waals surface area (Å²) in [4.78, 5) is 11.9. The molecule has 0 fully saturated rings. The average molecular weight is 335 g/mol. The molecule has 2 aromatic carbocycles. The van der Waals surface area contributed by atoms with Gasteiger partial charge in [0.1, 0.15) is 5.75 Å². The fourth-order valence-corrected chi connectivity index (χ4v) is 2.20. The van der Waals surface area contributed by atoms with Crippen molar-refractivity contribution in [3.63, 3.8) is 0 Å². The van der Waals surface area contributed by atoms with E-state index in [9.17, 15) is 4.79 Å². The van der Waals surface area contributed by atoms with Gasteiger partial charge in [0, 0.05) is 6.42 Å². The molecular formula is C18H23ClN2O2. The number of hydrogen-bond acceptors (Lipinski definition) is 3. The minimum atomic E-state index is -0.0528. The molecule has 1 amide bonds. The van der Waals surface area contributed by atoms with Crippen LogP contribution in [0.5, 0.6) is 11.5 Å². The van der Waals surface area contributed by atoms with E-state index < -0.39 is 0 Å². The molecule has 0 aliphatic heterocycles. The number of ether oxygens (including phenoxy) is 1. The molecule has 0 heterocycles. The Kier molecular flexibility index (Phi) is 7.59. The highest BCUT2D eigenvalue weighted by molar-refractivity contribution is 5.92. The molecule has 2 rings (SSSR count). The normalized spacial score (nSPS) is 9.87. The molecule has 0 aliphatic carbocycles. The molecule has 2 aromatic rings. The zero-order valence-corrected chi connectivity index (χ0v) is 14.3. The second kappa shape index (κ2) is 9.18. The Bertz CT molecular complexity index is 639. The molecule has 0 radical (unpaired) electrons. The number of benzene rings is 2. The van der Waals surface area contributed by atoms with Crippen molar-refractivity contribution < 1.29 is 9.53 Å². The van der Waals surface area contributed by atoms with E-state index in [0.717, 1.165) is 16.9 Å². The maximum Gasteiger partial charge on any atom is 0.224 e. The zero-order valence-electron chi connectivity index (χ0n) is 13.5. The second-order valence-electron chi connectivity index (χ2n) is 5.26. The summed E-state index contributed by atoms with van der Waals surface area (Å²) in [5.41, 5.74) is 8.22. The summed E-state index contributed by atoms with van der Waals surface area (Å²) in [6.45, 7) is 4.52. The fourth-order valence-electron chi connectivity index (χ4n) is 2.20. The zero-order chi connectivity index (χ0) is 15.9. The molecule has 0 aromatic heterocycles. The number of carbonyl (C=O) groups excluding carboxylic acids is 1. The van der Waals surface area contributed by atoms with Crippen LogP contribution in [-0.2, 0) is 4.79 Å². The van der Waals surface area contributed by atoms with Crippen molar-refractivity contribution in [1.29, 1.82) is 0 Å². The molecule has 0 saturated carbocycles. The molecule has 0 saturated heterocycles. The van der Waals surface area contributed by atoms with Crippen molar-refractivity contribution in [2.75, 3.05) is 11.9 Å². The van der Waals surface area contributed by atoms with Crippen LogP contribution < -0.4 is 15.8 Å². The van der Waals surface area contributed by atoms with E-state index >= 15 is 0 Å². The van der Waals surface area contributed by atoms with Crippen molar-refractivity contribution in [3.05, 3.63) is 53.6 Å². The number of nitrogens with one attached hydrogen (secondary N) is 1. The summed E-state index contributed by atoms with van der Waals surface area (Å²) in [6.07, 6.45) is 1.08. The summed E-state index contributed by atoms with van der Waals surface area (Å²) in [5.74, 6) is 1.41. The van der Waals surface area contributed by atoms with Crippen molar-refractivity contribution in [3.8, 4) is 11.5 Å². The quantitative estimate of drug-likeness (QED) is 0.832. The van der Waals surface area contributed by atoms with Gasteiger partial charge < -0.3 is 15.8 Å². The maximum atomic E-state index is 11.9. The number of para-hydroxylation sites is 3. The number of hydrogen-bond donors (Lipinski definition) is 2. The van der Waals surface area contributed by atoms with Gasteiger partial charge in [-0.3, -0.25) is 4.79 Å². The van der Waals surface area contributed by atoms with Crippen molar-refractivity contribution in [2.24, 2.45) is 5.73 Å². The summed E-state index contributed by atoms with van der Waals surface area (Å²) in [6, 6.07) is 13.5. The van der Waals surface area contributed by atoms with E-state index in [4.69, 9.17) is 10.5 Å². The van der Waals surface area contributed by atoms with Crippen molar-refractivity contribution in [2.45, 2.75) is 26.7 Å². The largest absolute Gasteiger partial charge is 0.455 e. The Labute approximate surface area is 143 Å². The summed E-state index contributed by atoms with van der Waals surface area (Å²) in [7, 11) is 0. The van der Waals surface area contributed by atoms with Crippen LogP contribution in [0.3, 0.4) is 0 Å². The lowest BCUT2D eigenvalue weighted by molar-refractivity contribution is -0.116. The highest BCUT2D eigenvalue weighted by atomic mass is 35.5. The lowest BCUT2D eigenvalue weighted by Gasteiger charge is -2.15. The maximum absolute atomic E-state index is 11.9. The van der Waals surface area contributed by atoms with Crippen molar-refractivity contribution in [1.82, 2.24) is 0 Å². The first-order valence-electron chi connectivity index (χ1n) is 7.45. The molecule has 124 valence electrons. The van der Waals surface area contributed by atoms with E-state index in [-0.39, 0.29) is 18.3 Å². The van der Waals surface area contributed by atoms with Crippen LogP contribution in [0.1, 0.15) is 24.0 Å². The highest BCUT2D eigenvalue weighted by Gasteiger charge is 2.10. The van der Waals surface area contributed by atoms with Crippen molar-refractivity contribution >= 4 is 24.0 Å². The van der Waals surface area contributed by atoms with Crippen LogP contribution in [0.4, 0.5) is 5.69 Å². The summed E-state index contributed by atoms with van der Waals surface area (Å²) >= 11 is 0. The molecule has 0 atom stereocenters. The van der Waals surface area contributed by atoms with Crippen LogP contribution in [-0.4, -0.2) is 12.5 Å².